The van der Waals surface area contributed by atoms with Gasteiger partial charge in [-0.15, -0.1) is 24.5 Å². The van der Waals surface area contributed by atoms with Crippen LogP contribution in [0.2, 0.25) is 5.02 Å². The number of anilines is 2. The fraction of sp³-hybridized carbons (Fsp3) is 0.300. The number of halogens is 7. The van der Waals surface area contributed by atoms with Crippen LogP contribution in [-0.4, -0.2) is 35.3 Å². The minimum absolute atomic E-state index is 0.140. The largest absolute Gasteiger partial charge is 0.573 e. The smallest absolute Gasteiger partial charge is 0.406 e. The van der Waals surface area contributed by atoms with Crippen LogP contribution in [0.3, 0.4) is 0 Å². The van der Waals surface area contributed by atoms with Gasteiger partial charge < -0.3 is 15.0 Å². The number of ether oxygens (including phenoxy) is 1. The molecule has 1 N–H and O–H groups in total. The molecule has 0 unspecified atom stereocenters. The summed E-state index contributed by atoms with van der Waals surface area (Å²) in [6.45, 7) is 0. The second kappa shape index (κ2) is 8.69. The number of hydrogen-bond donors (Lipinski definition) is 1. The van der Waals surface area contributed by atoms with Crippen LogP contribution in [0.25, 0.3) is 0 Å². The molecule has 0 spiro atoms. The van der Waals surface area contributed by atoms with E-state index in [2.05, 4.69) is 15.2 Å². The molecule has 4 rings (SSSR count). The third kappa shape index (κ3) is 4.80. The number of hydrogen-bond acceptors (Lipinski definition) is 5. The number of fused-ring (bicyclic) bond motifs is 1. The first-order valence-electron chi connectivity index (χ1n) is 9.63. The standard InChI is InChI=1S/C20H15ClF6N4O2S/c1-30(10-4-6-11(7-5-10)33-20(25,26)27)18(32)16-15(21)17-28-12(13-3-2-8-34-13)9-14(19(22,23)24)31(17)29-16/h2-8,12,14,28H,9H2,1H3/t12-,14-/m0/s1. The van der Waals surface area contributed by atoms with Gasteiger partial charge in [0.2, 0.25) is 0 Å². The first kappa shape index (κ1) is 24.2. The molecule has 34 heavy (non-hydrogen) atoms. The van der Waals surface area contributed by atoms with Crippen molar-refractivity contribution in [3.05, 3.63) is 57.4 Å². The predicted octanol–water partition coefficient (Wildman–Crippen LogP) is 6.43. The summed E-state index contributed by atoms with van der Waals surface area (Å²) in [6, 6.07) is 5.08. The zero-order valence-corrected chi connectivity index (χ0v) is 18.7. The minimum atomic E-state index is -4.88. The Bertz CT molecular complexity index is 1180. The lowest BCUT2D eigenvalue weighted by Crippen LogP contribution is -2.35. The molecule has 1 aliphatic heterocycles. The van der Waals surface area contributed by atoms with E-state index in [4.69, 9.17) is 11.6 Å². The molecule has 14 heteroatoms. The van der Waals surface area contributed by atoms with E-state index in [1.165, 1.54) is 30.5 Å². The molecular formula is C20H15ClF6N4O2S. The molecule has 182 valence electrons. The Labute approximate surface area is 197 Å². The quantitative estimate of drug-likeness (QED) is 0.399. The maximum Gasteiger partial charge on any atom is 0.573 e. The van der Waals surface area contributed by atoms with Crippen molar-refractivity contribution in [3.8, 4) is 5.75 Å². The van der Waals surface area contributed by atoms with Gasteiger partial charge in [0, 0.05) is 24.0 Å². The van der Waals surface area contributed by atoms with Gasteiger partial charge in [0.25, 0.3) is 5.91 Å². The highest BCUT2D eigenvalue weighted by Gasteiger charge is 2.48. The van der Waals surface area contributed by atoms with Gasteiger partial charge in [-0.05, 0) is 35.7 Å². The average Bonchev–Trinajstić information content (AvgIpc) is 3.39. The monoisotopic (exact) mass is 524 g/mol. The number of carbonyl (C=O) groups excluding carboxylic acids is 1. The first-order valence-corrected chi connectivity index (χ1v) is 10.9. The maximum atomic E-state index is 13.8. The van der Waals surface area contributed by atoms with Crippen LogP contribution in [-0.2, 0) is 0 Å². The molecule has 0 radical (unpaired) electrons. The molecule has 0 saturated carbocycles. The molecule has 0 aliphatic carbocycles. The van der Waals surface area contributed by atoms with Crippen molar-refractivity contribution in [3.63, 3.8) is 0 Å². The summed E-state index contributed by atoms with van der Waals surface area (Å²) in [5.74, 6) is -1.48. The minimum Gasteiger partial charge on any atom is -0.406 e. The number of benzene rings is 1. The van der Waals surface area contributed by atoms with Crippen molar-refractivity contribution < 1.29 is 35.9 Å². The van der Waals surface area contributed by atoms with E-state index in [-0.39, 0.29) is 22.9 Å². The van der Waals surface area contributed by atoms with Crippen LogP contribution in [0.4, 0.5) is 37.8 Å². The summed E-state index contributed by atoms with van der Waals surface area (Å²) >= 11 is 7.59. The Morgan fingerprint density at radius 3 is 2.44 bits per heavy atom. The van der Waals surface area contributed by atoms with Crippen LogP contribution in [0, 0.1) is 0 Å². The van der Waals surface area contributed by atoms with Gasteiger partial charge in [-0.25, -0.2) is 4.68 Å². The van der Waals surface area contributed by atoms with Crippen LogP contribution < -0.4 is 15.0 Å². The molecule has 3 aromatic rings. The highest BCUT2D eigenvalue weighted by molar-refractivity contribution is 7.10. The molecule has 0 saturated heterocycles. The Morgan fingerprint density at radius 1 is 1.21 bits per heavy atom. The van der Waals surface area contributed by atoms with E-state index in [1.54, 1.807) is 17.5 Å². The summed E-state index contributed by atoms with van der Waals surface area (Å²) in [7, 11) is 1.29. The predicted molar refractivity (Wildman–Crippen MR) is 113 cm³/mol. The summed E-state index contributed by atoms with van der Waals surface area (Å²) in [6.07, 6.45) is -9.88. The van der Waals surface area contributed by atoms with Crippen molar-refractivity contribution in [2.24, 2.45) is 0 Å². The van der Waals surface area contributed by atoms with E-state index < -0.39 is 42.0 Å². The van der Waals surface area contributed by atoms with Crippen molar-refractivity contribution in [2.45, 2.75) is 31.0 Å². The molecule has 0 fully saturated rings. The lowest BCUT2D eigenvalue weighted by Gasteiger charge is -2.32. The number of nitrogens with zero attached hydrogens (tertiary/aromatic N) is 3. The summed E-state index contributed by atoms with van der Waals surface area (Å²) in [5.41, 5.74) is -0.276. The van der Waals surface area contributed by atoms with Crippen molar-refractivity contribution in [2.75, 3.05) is 17.3 Å². The molecule has 0 bridgehead atoms. The molecule has 2 atom stereocenters. The maximum absolute atomic E-state index is 13.8. The van der Waals surface area contributed by atoms with E-state index in [1.807, 2.05) is 0 Å². The summed E-state index contributed by atoms with van der Waals surface area (Å²) < 4.78 is 83.0. The van der Waals surface area contributed by atoms with Gasteiger partial charge in [0.15, 0.2) is 11.7 Å². The zero-order chi connectivity index (χ0) is 24.8. The number of nitrogens with one attached hydrogen (secondary N) is 1. The highest BCUT2D eigenvalue weighted by atomic mass is 35.5. The number of carbonyl (C=O) groups is 1. The molecule has 1 aliphatic rings. The van der Waals surface area contributed by atoms with Crippen LogP contribution in [0.1, 0.15) is 33.9 Å². The fourth-order valence-electron chi connectivity index (χ4n) is 3.55. The van der Waals surface area contributed by atoms with E-state index in [0.717, 1.165) is 17.0 Å². The van der Waals surface area contributed by atoms with Gasteiger partial charge >= 0.3 is 12.5 Å². The SMILES string of the molecule is CN(C(=O)c1nn2c(c1Cl)N[C@H](c1cccs1)C[C@H]2C(F)(F)F)c1ccc(OC(F)(F)F)cc1. The Hall–Kier alpha value is -2.93. The third-order valence-electron chi connectivity index (χ3n) is 5.15. The van der Waals surface area contributed by atoms with Crippen molar-refractivity contribution in [1.29, 1.82) is 0 Å². The summed E-state index contributed by atoms with van der Waals surface area (Å²) in [4.78, 5) is 14.7. The molecule has 2 aromatic heterocycles. The van der Waals surface area contributed by atoms with Gasteiger partial charge in [-0.3, -0.25) is 4.79 Å². The number of amides is 1. The molecule has 3 heterocycles. The van der Waals surface area contributed by atoms with Crippen LogP contribution in [0.5, 0.6) is 5.75 Å². The lowest BCUT2D eigenvalue weighted by atomic mass is 10.0. The fourth-order valence-corrected chi connectivity index (χ4v) is 4.60. The van der Waals surface area contributed by atoms with Gasteiger partial charge in [-0.2, -0.15) is 18.3 Å². The summed E-state index contributed by atoms with van der Waals surface area (Å²) in [5, 5.41) is 8.26. The Morgan fingerprint density at radius 2 is 1.88 bits per heavy atom. The highest BCUT2D eigenvalue weighted by Crippen LogP contribution is 2.47. The molecule has 1 aromatic carbocycles. The van der Waals surface area contributed by atoms with Crippen molar-refractivity contribution in [1.82, 2.24) is 9.78 Å². The number of thiophene rings is 1. The van der Waals surface area contributed by atoms with Gasteiger partial charge in [0.1, 0.15) is 16.6 Å². The molecule has 6 nitrogen and oxygen atoms in total. The number of aromatic nitrogens is 2. The Kier molecular flexibility index (Phi) is 6.19. The zero-order valence-electron chi connectivity index (χ0n) is 17.1. The normalized spacial score (nSPS) is 18.2. The van der Waals surface area contributed by atoms with E-state index >= 15 is 0 Å². The number of alkyl halides is 6. The van der Waals surface area contributed by atoms with E-state index in [9.17, 15) is 31.1 Å². The first-order chi connectivity index (χ1) is 15.8. The topological polar surface area (TPSA) is 59.4 Å². The molecule has 1 amide bonds. The Balaban J connectivity index is 1.64. The average molecular weight is 525 g/mol. The van der Waals surface area contributed by atoms with Crippen LogP contribution >= 0.6 is 22.9 Å². The van der Waals surface area contributed by atoms with Crippen molar-refractivity contribution >= 4 is 40.4 Å². The van der Waals surface area contributed by atoms with Crippen LogP contribution in [0.15, 0.2) is 41.8 Å². The lowest BCUT2D eigenvalue weighted by molar-refractivity contribution is -0.274. The third-order valence-corrected chi connectivity index (χ3v) is 6.49. The second-order valence-electron chi connectivity index (χ2n) is 7.37. The van der Waals surface area contributed by atoms with Gasteiger partial charge in [-0.1, -0.05) is 17.7 Å². The second-order valence-corrected chi connectivity index (χ2v) is 8.72. The van der Waals surface area contributed by atoms with E-state index in [0.29, 0.717) is 9.56 Å². The number of rotatable bonds is 4. The molecular weight excluding hydrogens is 510 g/mol. The van der Waals surface area contributed by atoms with Gasteiger partial charge in [0.05, 0.1) is 6.04 Å².